The summed E-state index contributed by atoms with van der Waals surface area (Å²) < 4.78 is 77.7. The van der Waals surface area contributed by atoms with Crippen LogP contribution in [0.1, 0.15) is 20.7 Å². The summed E-state index contributed by atoms with van der Waals surface area (Å²) in [7, 11) is -2.45. The van der Waals surface area contributed by atoms with Gasteiger partial charge in [-0.05, 0) is 30.3 Å². The molecule has 1 N–H and O–H groups in total. The fourth-order valence-electron chi connectivity index (χ4n) is 2.25. The lowest BCUT2D eigenvalue weighted by Crippen LogP contribution is -2.21. The van der Waals surface area contributed by atoms with Crippen molar-refractivity contribution < 1.29 is 45.4 Å². The van der Waals surface area contributed by atoms with Crippen LogP contribution in [0.15, 0.2) is 47.4 Å². The number of alkyl halides is 3. The number of halogens is 3. The second-order valence-electron chi connectivity index (χ2n) is 5.38. The maximum atomic E-state index is 12.6. The van der Waals surface area contributed by atoms with Crippen molar-refractivity contribution >= 4 is 27.6 Å². The molecule has 0 saturated carbocycles. The predicted molar refractivity (Wildman–Crippen MR) is 93.1 cm³/mol. The van der Waals surface area contributed by atoms with Crippen LogP contribution in [-0.2, 0) is 19.5 Å². The molecule has 8 nitrogen and oxygen atoms in total. The van der Waals surface area contributed by atoms with Crippen LogP contribution in [0.2, 0.25) is 0 Å². The van der Waals surface area contributed by atoms with Gasteiger partial charge in [-0.15, -0.1) is 13.2 Å². The first-order valence-corrected chi connectivity index (χ1v) is 9.14. The maximum absolute atomic E-state index is 12.6. The van der Waals surface area contributed by atoms with Crippen molar-refractivity contribution in [2.75, 3.05) is 18.9 Å². The van der Waals surface area contributed by atoms with Gasteiger partial charge in [-0.3, -0.25) is 4.72 Å². The van der Waals surface area contributed by atoms with Crippen molar-refractivity contribution in [3.05, 3.63) is 53.6 Å². The summed E-state index contributed by atoms with van der Waals surface area (Å²) >= 11 is 0. The molecule has 156 valence electrons. The molecule has 0 amide bonds. The molecule has 12 heteroatoms. The lowest BCUT2D eigenvalue weighted by molar-refractivity contribution is -0.275. The number of carbonyl (C=O) groups excluding carboxylic acids is 2. The largest absolute Gasteiger partial charge is 0.573 e. The SMILES string of the molecule is COC(=O)c1cc(NS(=O)(=O)c2ccccc2OC(F)(F)F)cc(C(=O)OC)c1. The van der Waals surface area contributed by atoms with Gasteiger partial charge in [-0.25, -0.2) is 18.0 Å². The Morgan fingerprint density at radius 3 is 1.93 bits per heavy atom. The second-order valence-corrected chi connectivity index (χ2v) is 7.03. The summed E-state index contributed by atoms with van der Waals surface area (Å²) in [5.74, 6) is -2.71. The van der Waals surface area contributed by atoms with Gasteiger partial charge in [-0.2, -0.15) is 0 Å². The molecular weight excluding hydrogens is 419 g/mol. The van der Waals surface area contributed by atoms with E-state index in [1.807, 2.05) is 4.72 Å². The second kappa shape index (κ2) is 8.39. The van der Waals surface area contributed by atoms with Crippen molar-refractivity contribution in [1.82, 2.24) is 0 Å². The third-order valence-corrected chi connectivity index (χ3v) is 4.81. The van der Waals surface area contributed by atoms with Crippen LogP contribution in [0.5, 0.6) is 5.75 Å². The van der Waals surface area contributed by atoms with Crippen LogP contribution in [0, 0.1) is 0 Å². The summed E-state index contributed by atoms with van der Waals surface area (Å²) in [6, 6.07) is 7.28. The van der Waals surface area contributed by atoms with Gasteiger partial charge in [0.05, 0.1) is 31.0 Å². The van der Waals surface area contributed by atoms with Gasteiger partial charge in [0.25, 0.3) is 10.0 Å². The number of carbonyl (C=O) groups is 2. The molecule has 0 aromatic heterocycles. The number of hydrogen-bond donors (Lipinski definition) is 1. The van der Waals surface area contributed by atoms with Crippen molar-refractivity contribution in [2.24, 2.45) is 0 Å². The van der Waals surface area contributed by atoms with E-state index >= 15 is 0 Å². The van der Waals surface area contributed by atoms with Crippen LogP contribution in [0.3, 0.4) is 0 Å². The first kappa shape index (κ1) is 22.0. The molecule has 0 aliphatic carbocycles. The molecule has 0 bridgehead atoms. The summed E-state index contributed by atoms with van der Waals surface area (Å²) in [6.45, 7) is 0. The summed E-state index contributed by atoms with van der Waals surface area (Å²) in [4.78, 5) is 22.8. The molecule has 0 atom stereocenters. The zero-order valence-corrected chi connectivity index (χ0v) is 15.8. The van der Waals surface area contributed by atoms with E-state index in [0.717, 1.165) is 50.6 Å². The average molecular weight is 433 g/mol. The Morgan fingerprint density at radius 1 is 0.931 bits per heavy atom. The summed E-state index contributed by atoms with van der Waals surface area (Å²) in [5, 5.41) is 0. The van der Waals surface area contributed by atoms with Gasteiger partial charge in [0, 0.05) is 0 Å². The van der Waals surface area contributed by atoms with Gasteiger partial charge < -0.3 is 14.2 Å². The Kier molecular flexibility index (Phi) is 6.37. The number of ether oxygens (including phenoxy) is 3. The maximum Gasteiger partial charge on any atom is 0.573 e. The van der Waals surface area contributed by atoms with E-state index in [0.29, 0.717) is 0 Å². The molecule has 2 aromatic rings. The molecule has 0 heterocycles. The molecule has 0 aliphatic rings. The van der Waals surface area contributed by atoms with E-state index in [1.54, 1.807) is 0 Å². The van der Waals surface area contributed by atoms with Crippen LogP contribution < -0.4 is 9.46 Å². The number of sulfonamides is 1. The van der Waals surface area contributed by atoms with Gasteiger partial charge in [0.2, 0.25) is 0 Å². The number of benzene rings is 2. The first-order chi connectivity index (χ1) is 13.5. The van der Waals surface area contributed by atoms with E-state index in [2.05, 4.69) is 14.2 Å². The van der Waals surface area contributed by atoms with E-state index in [-0.39, 0.29) is 16.8 Å². The number of rotatable bonds is 6. The van der Waals surface area contributed by atoms with E-state index in [1.165, 1.54) is 6.07 Å². The van der Waals surface area contributed by atoms with Gasteiger partial charge in [0.1, 0.15) is 10.6 Å². The zero-order valence-electron chi connectivity index (χ0n) is 14.9. The smallest absolute Gasteiger partial charge is 0.465 e. The standard InChI is InChI=1S/C17H14F3NO7S/c1-26-15(22)10-7-11(16(23)27-2)9-12(8-10)21-29(24,25)14-6-4-3-5-13(14)28-17(18,19)20/h3-9,21H,1-2H3. The molecule has 0 radical (unpaired) electrons. The van der Waals surface area contributed by atoms with Crippen molar-refractivity contribution in [3.63, 3.8) is 0 Å². The third kappa shape index (κ3) is 5.60. The highest BCUT2D eigenvalue weighted by atomic mass is 32.2. The topological polar surface area (TPSA) is 108 Å². The molecule has 0 spiro atoms. The normalized spacial score (nSPS) is 11.5. The number of esters is 2. The van der Waals surface area contributed by atoms with Gasteiger partial charge in [0.15, 0.2) is 0 Å². The number of anilines is 1. The highest BCUT2D eigenvalue weighted by Crippen LogP contribution is 2.31. The molecule has 2 aromatic carbocycles. The van der Waals surface area contributed by atoms with E-state index in [9.17, 15) is 31.2 Å². The Bertz CT molecular complexity index is 1000. The van der Waals surface area contributed by atoms with Crippen LogP contribution >= 0.6 is 0 Å². The molecular formula is C17H14F3NO7S. The molecule has 0 aliphatic heterocycles. The monoisotopic (exact) mass is 433 g/mol. The lowest BCUT2D eigenvalue weighted by Gasteiger charge is -2.15. The third-order valence-electron chi connectivity index (χ3n) is 3.39. The quantitative estimate of drug-likeness (QED) is 0.698. The van der Waals surface area contributed by atoms with Crippen LogP contribution in [0.25, 0.3) is 0 Å². The van der Waals surface area contributed by atoms with E-state index < -0.39 is 39.0 Å². The van der Waals surface area contributed by atoms with Crippen molar-refractivity contribution in [1.29, 1.82) is 0 Å². The highest BCUT2D eigenvalue weighted by Gasteiger charge is 2.34. The number of para-hydroxylation sites is 1. The fraction of sp³-hybridized carbons (Fsp3) is 0.176. The Labute approximate surface area is 163 Å². The number of methoxy groups -OCH3 is 2. The minimum atomic E-state index is -5.12. The average Bonchev–Trinajstić information content (AvgIpc) is 2.65. The fourth-order valence-corrected chi connectivity index (χ4v) is 3.42. The van der Waals surface area contributed by atoms with Gasteiger partial charge in [-0.1, -0.05) is 12.1 Å². The van der Waals surface area contributed by atoms with Gasteiger partial charge >= 0.3 is 18.3 Å². The highest BCUT2D eigenvalue weighted by molar-refractivity contribution is 7.92. The number of hydrogen-bond acceptors (Lipinski definition) is 7. The van der Waals surface area contributed by atoms with Crippen LogP contribution in [0.4, 0.5) is 18.9 Å². The van der Waals surface area contributed by atoms with Crippen LogP contribution in [-0.4, -0.2) is 40.9 Å². The zero-order chi connectivity index (χ0) is 21.8. The minimum absolute atomic E-state index is 0.187. The molecule has 0 unspecified atom stereocenters. The predicted octanol–water partition coefficient (Wildman–Crippen LogP) is 2.96. The summed E-state index contributed by atoms with van der Waals surface area (Å²) in [5.41, 5.74) is -0.657. The Hall–Kier alpha value is -3.28. The van der Waals surface area contributed by atoms with Crippen molar-refractivity contribution in [3.8, 4) is 5.75 Å². The number of nitrogens with one attached hydrogen (secondary N) is 1. The lowest BCUT2D eigenvalue weighted by atomic mass is 10.1. The molecule has 0 fully saturated rings. The Balaban J connectivity index is 2.50. The van der Waals surface area contributed by atoms with E-state index in [4.69, 9.17) is 0 Å². The molecule has 2 rings (SSSR count). The Morgan fingerprint density at radius 2 is 1.45 bits per heavy atom. The first-order valence-electron chi connectivity index (χ1n) is 7.66. The summed E-state index contributed by atoms with van der Waals surface area (Å²) in [6.07, 6.45) is -5.12. The minimum Gasteiger partial charge on any atom is -0.465 e. The molecule has 0 saturated heterocycles. The van der Waals surface area contributed by atoms with Crippen molar-refractivity contribution in [2.45, 2.75) is 11.3 Å². The molecule has 29 heavy (non-hydrogen) atoms.